The van der Waals surface area contributed by atoms with Crippen molar-refractivity contribution < 1.29 is 13.2 Å². The lowest BCUT2D eigenvalue weighted by Crippen LogP contribution is -2.53. The van der Waals surface area contributed by atoms with Gasteiger partial charge in [0.05, 0.1) is 4.90 Å². The lowest BCUT2D eigenvalue weighted by atomic mass is 9.49. The van der Waals surface area contributed by atoms with Crippen LogP contribution in [-0.4, -0.2) is 14.3 Å². The molecule has 0 aromatic heterocycles. The summed E-state index contributed by atoms with van der Waals surface area (Å²) in [6, 6.07) is 6.48. The lowest BCUT2D eigenvalue weighted by molar-refractivity contribution is -0.146. The van der Waals surface area contributed by atoms with E-state index in [1.807, 2.05) is 6.07 Å². The second kappa shape index (κ2) is 5.56. The van der Waals surface area contributed by atoms with Crippen LogP contribution in [-0.2, 0) is 21.4 Å². The van der Waals surface area contributed by atoms with Gasteiger partial charge >= 0.3 is 0 Å². The summed E-state index contributed by atoms with van der Waals surface area (Å²) in [7, 11) is -3.71. The molecule has 130 valence electrons. The van der Waals surface area contributed by atoms with Crippen LogP contribution in [0.5, 0.6) is 0 Å². The van der Waals surface area contributed by atoms with Crippen LogP contribution >= 0.6 is 0 Å². The molecule has 0 aliphatic heterocycles. The Morgan fingerprint density at radius 3 is 2.25 bits per heavy atom. The summed E-state index contributed by atoms with van der Waals surface area (Å²) >= 11 is 0. The predicted molar refractivity (Wildman–Crippen MR) is 90.3 cm³/mol. The standard InChI is InChI=1S/C18H24N2O3S/c19-24(22,23)16-3-1-2-12(7-16)11-20-17(21)18-8-13-4-14(9-18)6-15(5-13)10-18/h1-3,7,13-15H,4-6,8-11H2,(H,20,21)(H2,19,22,23). The molecular formula is C18H24N2O3S. The highest BCUT2D eigenvalue weighted by Crippen LogP contribution is 2.60. The van der Waals surface area contributed by atoms with E-state index in [0.717, 1.165) is 42.6 Å². The van der Waals surface area contributed by atoms with Gasteiger partial charge in [0.2, 0.25) is 15.9 Å². The van der Waals surface area contributed by atoms with Gasteiger partial charge in [-0.05, 0) is 74.0 Å². The van der Waals surface area contributed by atoms with Crippen LogP contribution in [0.1, 0.15) is 44.1 Å². The van der Waals surface area contributed by atoms with Gasteiger partial charge < -0.3 is 5.32 Å². The zero-order valence-corrected chi connectivity index (χ0v) is 14.5. The van der Waals surface area contributed by atoms with Crippen molar-refractivity contribution in [2.24, 2.45) is 28.3 Å². The molecule has 0 atom stereocenters. The quantitative estimate of drug-likeness (QED) is 0.874. The Labute approximate surface area is 143 Å². The molecule has 4 fully saturated rings. The van der Waals surface area contributed by atoms with Crippen molar-refractivity contribution >= 4 is 15.9 Å². The molecule has 0 spiro atoms. The zero-order chi connectivity index (χ0) is 16.9. The first kappa shape index (κ1) is 16.1. The van der Waals surface area contributed by atoms with Crippen LogP contribution in [0.25, 0.3) is 0 Å². The third kappa shape index (κ3) is 2.86. The smallest absolute Gasteiger partial charge is 0.238 e. The second-order valence-electron chi connectivity index (χ2n) is 8.07. The molecule has 0 saturated heterocycles. The largest absolute Gasteiger partial charge is 0.352 e. The van der Waals surface area contributed by atoms with Crippen LogP contribution in [0.15, 0.2) is 29.2 Å². The maximum absolute atomic E-state index is 12.9. The number of carbonyl (C=O) groups excluding carboxylic acids is 1. The fourth-order valence-electron chi connectivity index (χ4n) is 5.59. The number of nitrogens with one attached hydrogen (secondary N) is 1. The maximum atomic E-state index is 12.9. The fraction of sp³-hybridized carbons (Fsp3) is 0.611. The first-order chi connectivity index (χ1) is 11.3. The minimum atomic E-state index is -3.71. The Kier molecular flexibility index (Phi) is 3.73. The number of carbonyl (C=O) groups is 1. The van der Waals surface area contributed by atoms with E-state index in [-0.39, 0.29) is 16.2 Å². The highest BCUT2D eigenvalue weighted by Gasteiger charge is 2.54. The van der Waals surface area contributed by atoms with E-state index >= 15 is 0 Å². The topological polar surface area (TPSA) is 89.3 Å². The van der Waals surface area contributed by atoms with Crippen molar-refractivity contribution in [2.75, 3.05) is 0 Å². The number of benzene rings is 1. The van der Waals surface area contributed by atoms with Crippen LogP contribution in [0.4, 0.5) is 0 Å². The van der Waals surface area contributed by atoms with Crippen molar-refractivity contribution in [3.05, 3.63) is 29.8 Å². The van der Waals surface area contributed by atoms with E-state index in [2.05, 4.69) is 5.32 Å². The molecule has 1 amide bonds. The molecule has 0 unspecified atom stereocenters. The van der Waals surface area contributed by atoms with Crippen LogP contribution < -0.4 is 10.5 Å². The van der Waals surface area contributed by atoms with Crippen LogP contribution in [0.3, 0.4) is 0 Å². The summed E-state index contributed by atoms with van der Waals surface area (Å²) in [4.78, 5) is 13.0. The first-order valence-corrected chi connectivity index (χ1v) is 10.3. The molecule has 4 bridgehead atoms. The van der Waals surface area contributed by atoms with Gasteiger partial charge in [-0.15, -0.1) is 0 Å². The molecule has 3 N–H and O–H groups in total. The maximum Gasteiger partial charge on any atom is 0.238 e. The average molecular weight is 348 g/mol. The molecule has 1 aromatic rings. The van der Waals surface area contributed by atoms with Crippen LogP contribution in [0, 0.1) is 23.2 Å². The summed E-state index contributed by atoms with van der Waals surface area (Å²) in [5.74, 6) is 2.34. The Morgan fingerprint density at radius 2 is 1.71 bits per heavy atom. The Bertz CT molecular complexity index is 737. The minimum Gasteiger partial charge on any atom is -0.352 e. The Hall–Kier alpha value is -1.40. The number of nitrogens with two attached hydrogens (primary N) is 1. The lowest BCUT2D eigenvalue weighted by Gasteiger charge is -2.55. The highest BCUT2D eigenvalue weighted by atomic mass is 32.2. The normalized spacial score (nSPS) is 34.3. The summed E-state index contributed by atoms with van der Waals surface area (Å²) in [6.07, 6.45) is 7.01. The summed E-state index contributed by atoms with van der Waals surface area (Å²) in [5, 5.41) is 8.23. The van der Waals surface area contributed by atoms with Gasteiger partial charge in [-0.2, -0.15) is 0 Å². The van der Waals surface area contributed by atoms with Gasteiger partial charge in [0.15, 0.2) is 0 Å². The summed E-state index contributed by atoms with van der Waals surface area (Å²) in [5.41, 5.74) is 0.589. The van der Waals surface area contributed by atoms with Gasteiger partial charge in [-0.3, -0.25) is 4.79 Å². The van der Waals surface area contributed by atoms with Crippen molar-refractivity contribution in [1.82, 2.24) is 5.32 Å². The second-order valence-corrected chi connectivity index (χ2v) is 9.63. The van der Waals surface area contributed by atoms with E-state index < -0.39 is 10.0 Å². The van der Waals surface area contributed by atoms with Gasteiger partial charge in [0.1, 0.15) is 0 Å². The molecule has 6 heteroatoms. The van der Waals surface area contributed by atoms with E-state index in [1.165, 1.54) is 31.4 Å². The Morgan fingerprint density at radius 1 is 1.12 bits per heavy atom. The molecular weight excluding hydrogens is 324 g/mol. The van der Waals surface area contributed by atoms with Crippen molar-refractivity contribution in [3.63, 3.8) is 0 Å². The van der Waals surface area contributed by atoms with E-state index in [1.54, 1.807) is 6.07 Å². The third-order valence-corrected chi connectivity index (χ3v) is 7.11. The number of hydrogen-bond donors (Lipinski definition) is 2. The molecule has 4 aliphatic carbocycles. The number of rotatable bonds is 4. The number of hydrogen-bond acceptors (Lipinski definition) is 3. The third-order valence-electron chi connectivity index (χ3n) is 6.20. The van der Waals surface area contributed by atoms with Gasteiger partial charge in [-0.25, -0.2) is 13.6 Å². The van der Waals surface area contributed by atoms with E-state index in [4.69, 9.17) is 5.14 Å². The Balaban J connectivity index is 1.46. The van der Waals surface area contributed by atoms with Gasteiger partial charge in [0.25, 0.3) is 0 Å². The molecule has 4 saturated carbocycles. The van der Waals surface area contributed by atoms with Gasteiger partial charge in [-0.1, -0.05) is 12.1 Å². The molecule has 0 radical (unpaired) electrons. The number of primary sulfonamides is 1. The van der Waals surface area contributed by atoms with E-state index in [9.17, 15) is 13.2 Å². The monoisotopic (exact) mass is 348 g/mol. The number of amides is 1. The van der Waals surface area contributed by atoms with E-state index in [0.29, 0.717) is 6.54 Å². The van der Waals surface area contributed by atoms with Crippen molar-refractivity contribution in [3.8, 4) is 0 Å². The summed E-state index contributed by atoms with van der Waals surface area (Å²) < 4.78 is 22.9. The number of sulfonamides is 1. The highest BCUT2D eigenvalue weighted by molar-refractivity contribution is 7.89. The predicted octanol–water partition coefficient (Wildman–Crippen LogP) is 2.17. The van der Waals surface area contributed by atoms with Crippen LogP contribution in [0.2, 0.25) is 0 Å². The van der Waals surface area contributed by atoms with Crippen molar-refractivity contribution in [2.45, 2.75) is 50.0 Å². The van der Waals surface area contributed by atoms with Crippen molar-refractivity contribution in [1.29, 1.82) is 0 Å². The average Bonchev–Trinajstić information content (AvgIpc) is 2.51. The molecule has 4 aliphatic rings. The molecule has 5 rings (SSSR count). The minimum absolute atomic E-state index is 0.0871. The molecule has 24 heavy (non-hydrogen) atoms. The fourth-order valence-corrected chi connectivity index (χ4v) is 6.17. The SMILES string of the molecule is NS(=O)(=O)c1cccc(CNC(=O)C23CC4CC(CC(C4)C2)C3)c1. The summed E-state index contributed by atoms with van der Waals surface area (Å²) in [6.45, 7) is 0.351. The molecule has 1 aromatic carbocycles. The molecule has 0 heterocycles. The molecule has 5 nitrogen and oxygen atoms in total. The first-order valence-electron chi connectivity index (χ1n) is 8.74. The zero-order valence-electron chi connectivity index (χ0n) is 13.7. The van der Waals surface area contributed by atoms with Gasteiger partial charge in [0, 0.05) is 12.0 Å².